The molecule has 1 heteroatoms. The number of nitriles is 1. The highest BCUT2D eigenvalue weighted by molar-refractivity contribution is 4.67. The Hall–Kier alpha value is -0.510. The molecule has 0 bridgehead atoms. The quantitative estimate of drug-likeness (QED) is 0.461. The minimum Gasteiger partial charge on any atom is -0.198 e. The van der Waals surface area contributed by atoms with Crippen molar-refractivity contribution < 1.29 is 0 Å². The van der Waals surface area contributed by atoms with Crippen molar-refractivity contribution in [2.24, 2.45) is 5.92 Å². The first kappa shape index (κ1) is 14.5. The minimum atomic E-state index is 0.743. The summed E-state index contributed by atoms with van der Waals surface area (Å²) >= 11 is 0. The second-order valence-electron chi connectivity index (χ2n) is 4.71. The molecule has 0 saturated heterocycles. The lowest BCUT2D eigenvalue weighted by molar-refractivity contribution is 0.442. The summed E-state index contributed by atoms with van der Waals surface area (Å²) in [4.78, 5) is 0. The Balaban J connectivity index is 3.06. The van der Waals surface area contributed by atoms with Crippen LogP contribution in [0.1, 0.15) is 78.1 Å². The average molecular weight is 209 g/mol. The standard InChI is InChI=1S/C14H27N/c1-3-4-11-14(2)12-9-7-5-6-8-10-13-15/h14H,3-12H2,1-2H3/t14-/m1/s1. The second kappa shape index (κ2) is 11.6. The van der Waals surface area contributed by atoms with E-state index in [0.717, 1.165) is 18.8 Å². The van der Waals surface area contributed by atoms with Gasteiger partial charge in [0.25, 0.3) is 0 Å². The largest absolute Gasteiger partial charge is 0.198 e. The molecular weight excluding hydrogens is 182 g/mol. The minimum absolute atomic E-state index is 0.743. The van der Waals surface area contributed by atoms with Gasteiger partial charge in [0.15, 0.2) is 0 Å². The maximum absolute atomic E-state index is 8.37. The van der Waals surface area contributed by atoms with Gasteiger partial charge in [0.2, 0.25) is 0 Å². The molecule has 0 aromatic carbocycles. The summed E-state index contributed by atoms with van der Waals surface area (Å²) in [5, 5.41) is 8.37. The lowest BCUT2D eigenvalue weighted by atomic mass is 9.97. The van der Waals surface area contributed by atoms with Crippen LogP contribution in [0.25, 0.3) is 0 Å². The summed E-state index contributed by atoms with van der Waals surface area (Å²) in [6.07, 6.45) is 12.7. The van der Waals surface area contributed by atoms with Gasteiger partial charge >= 0.3 is 0 Å². The van der Waals surface area contributed by atoms with Crippen LogP contribution in [-0.2, 0) is 0 Å². The summed E-state index contributed by atoms with van der Waals surface area (Å²) in [5.41, 5.74) is 0. The molecule has 0 aliphatic carbocycles. The van der Waals surface area contributed by atoms with Gasteiger partial charge < -0.3 is 0 Å². The van der Waals surface area contributed by atoms with Crippen LogP contribution in [0.4, 0.5) is 0 Å². The molecule has 0 aromatic rings. The zero-order valence-corrected chi connectivity index (χ0v) is 10.6. The topological polar surface area (TPSA) is 23.8 Å². The highest BCUT2D eigenvalue weighted by atomic mass is 14.2. The lowest BCUT2D eigenvalue weighted by Crippen LogP contribution is -1.94. The monoisotopic (exact) mass is 209 g/mol. The van der Waals surface area contributed by atoms with Crippen molar-refractivity contribution in [3.63, 3.8) is 0 Å². The van der Waals surface area contributed by atoms with E-state index in [1.165, 1.54) is 51.4 Å². The Bertz CT molecular complexity index is 157. The van der Waals surface area contributed by atoms with E-state index in [1.54, 1.807) is 0 Å². The molecule has 88 valence electrons. The van der Waals surface area contributed by atoms with Gasteiger partial charge in [-0.05, 0) is 12.3 Å². The molecule has 0 aromatic heterocycles. The van der Waals surface area contributed by atoms with Gasteiger partial charge in [0.1, 0.15) is 0 Å². The Morgan fingerprint density at radius 3 is 2.20 bits per heavy atom. The van der Waals surface area contributed by atoms with E-state index >= 15 is 0 Å². The van der Waals surface area contributed by atoms with E-state index in [0.29, 0.717) is 0 Å². The number of hydrogen-bond donors (Lipinski definition) is 0. The predicted octanol–water partition coefficient (Wildman–Crippen LogP) is 5.07. The first-order valence-corrected chi connectivity index (χ1v) is 6.68. The van der Waals surface area contributed by atoms with Crippen molar-refractivity contribution >= 4 is 0 Å². The van der Waals surface area contributed by atoms with Gasteiger partial charge in [-0.3, -0.25) is 0 Å². The van der Waals surface area contributed by atoms with Crippen LogP contribution in [0, 0.1) is 17.2 Å². The average Bonchev–Trinajstić information content (AvgIpc) is 2.25. The first-order chi connectivity index (χ1) is 7.31. The van der Waals surface area contributed by atoms with Gasteiger partial charge in [-0.1, -0.05) is 65.2 Å². The van der Waals surface area contributed by atoms with E-state index in [2.05, 4.69) is 19.9 Å². The summed E-state index contributed by atoms with van der Waals surface area (Å²) in [6.45, 7) is 4.65. The van der Waals surface area contributed by atoms with Gasteiger partial charge in [-0.25, -0.2) is 0 Å². The molecule has 0 saturated carbocycles. The fourth-order valence-electron chi connectivity index (χ4n) is 1.92. The van der Waals surface area contributed by atoms with Crippen LogP contribution in [-0.4, -0.2) is 0 Å². The van der Waals surface area contributed by atoms with Crippen LogP contribution >= 0.6 is 0 Å². The summed E-state index contributed by atoms with van der Waals surface area (Å²) in [7, 11) is 0. The fourth-order valence-corrected chi connectivity index (χ4v) is 1.92. The zero-order valence-electron chi connectivity index (χ0n) is 10.6. The highest BCUT2D eigenvalue weighted by Gasteiger charge is 2.00. The van der Waals surface area contributed by atoms with Gasteiger partial charge in [-0.2, -0.15) is 5.26 Å². The van der Waals surface area contributed by atoms with Crippen molar-refractivity contribution in [1.82, 2.24) is 0 Å². The van der Waals surface area contributed by atoms with Crippen LogP contribution in [0.3, 0.4) is 0 Å². The summed E-state index contributed by atoms with van der Waals surface area (Å²) in [5.74, 6) is 0.920. The number of hydrogen-bond acceptors (Lipinski definition) is 1. The third kappa shape index (κ3) is 11.4. The molecule has 0 radical (unpaired) electrons. The molecule has 1 nitrogen and oxygen atoms in total. The number of unbranched alkanes of at least 4 members (excludes halogenated alkanes) is 6. The maximum Gasteiger partial charge on any atom is 0.0621 e. The third-order valence-corrected chi connectivity index (χ3v) is 3.04. The molecule has 0 unspecified atom stereocenters. The Kier molecular flexibility index (Phi) is 11.2. The lowest BCUT2D eigenvalue weighted by Gasteiger charge is -2.09. The van der Waals surface area contributed by atoms with Gasteiger partial charge in [0, 0.05) is 6.42 Å². The molecule has 0 spiro atoms. The SMILES string of the molecule is CCCC[C@@H](C)CCCCCCCC#N. The van der Waals surface area contributed by atoms with E-state index in [9.17, 15) is 0 Å². The van der Waals surface area contributed by atoms with E-state index in [4.69, 9.17) is 5.26 Å². The molecule has 15 heavy (non-hydrogen) atoms. The zero-order chi connectivity index (χ0) is 11.4. The maximum atomic E-state index is 8.37. The molecule has 0 N–H and O–H groups in total. The predicted molar refractivity (Wildman–Crippen MR) is 66.6 cm³/mol. The van der Waals surface area contributed by atoms with Crippen molar-refractivity contribution in [3.05, 3.63) is 0 Å². The van der Waals surface area contributed by atoms with Gasteiger partial charge in [-0.15, -0.1) is 0 Å². The summed E-state index contributed by atoms with van der Waals surface area (Å²) < 4.78 is 0. The molecule has 0 fully saturated rings. The molecular formula is C14H27N. The smallest absolute Gasteiger partial charge is 0.0621 e. The van der Waals surface area contributed by atoms with Crippen LogP contribution < -0.4 is 0 Å². The molecule has 0 aliphatic heterocycles. The van der Waals surface area contributed by atoms with E-state index < -0.39 is 0 Å². The van der Waals surface area contributed by atoms with Crippen molar-refractivity contribution in [3.8, 4) is 6.07 Å². The third-order valence-electron chi connectivity index (χ3n) is 3.04. The van der Waals surface area contributed by atoms with Crippen molar-refractivity contribution in [2.45, 2.75) is 78.1 Å². The van der Waals surface area contributed by atoms with E-state index in [1.807, 2.05) is 0 Å². The van der Waals surface area contributed by atoms with Gasteiger partial charge in [0.05, 0.1) is 6.07 Å². The Labute approximate surface area is 95.9 Å². The number of rotatable bonds is 10. The Morgan fingerprint density at radius 2 is 1.53 bits per heavy atom. The Morgan fingerprint density at radius 1 is 0.933 bits per heavy atom. The fraction of sp³-hybridized carbons (Fsp3) is 0.929. The van der Waals surface area contributed by atoms with E-state index in [-0.39, 0.29) is 0 Å². The molecule has 0 heterocycles. The second-order valence-corrected chi connectivity index (χ2v) is 4.71. The molecule has 0 rings (SSSR count). The first-order valence-electron chi connectivity index (χ1n) is 6.68. The van der Waals surface area contributed by atoms with Crippen LogP contribution in [0.2, 0.25) is 0 Å². The molecule has 1 atom stereocenters. The normalized spacial score (nSPS) is 12.3. The van der Waals surface area contributed by atoms with Crippen molar-refractivity contribution in [1.29, 1.82) is 5.26 Å². The highest BCUT2D eigenvalue weighted by Crippen LogP contribution is 2.16. The van der Waals surface area contributed by atoms with Crippen LogP contribution in [0.15, 0.2) is 0 Å². The van der Waals surface area contributed by atoms with Crippen molar-refractivity contribution in [2.75, 3.05) is 0 Å². The van der Waals surface area contributed by atoms with Crippen LogP contribution in [0.5, 0.6) is 0 Å². The molecule has 0 aliphatic rings. The molecule has 0 amide bonds. The summed E-state index contributed by atoms with van der Waals surface area (Å²) in [6, 6.07) is 2.20. The number of nitrogens with zero attached hydrogens (tertiary/aromatic N) is 1.